The lowest BCUT2D eigenvalue weighted by atomic mass is 9.90. The number of rotatable bonds is 4. The van der Waals surface area contributed by atoms with Gasteiger partial charge in [0.2, 0.25) is 0 Å². The predicted octanol–water partition coefficient (Wildman–Crippen LogP) is 1.38. The van der Waals surface area contributed by atoms with Crippen LogP contribution in [-0.2, 0) is 4.79 Å². The molecule has 0 unspecified atom stereocenters. The first-order valence-corrected chi connectivity index (χ1v) is 7.36. The molecule has 1 aliphatic heterocycles. The van der Waals surface area contributed by atoms with Crippen molar-refractivity contribution in [2.24, 2.45) is 0 Å². The predicted molar refractivity (Wildman–Crippen MR) is 77.1 cm³/mol. The number of benzene rings is 1. The van der Waals surface area contributed by atoms with Gasteiger partial charge in [0.05, 0.1) is 17.7 Å². The molecule has 2 aliphatic rings. The highest BCUT2D eigenvalue weighted by Crippen LogP contribution is 2.30. The van der Waals surface area contributed by atoms with Gasteiger partial charge in [0, 0.05) is 12.1 Å². The third-order valence-corrected chi connectivity index (χ3v) is 4.38. The number of hydrogen-bond donors (Lipinski definition) is 1. The molecular formula is C16H18N2O3. The average molecular weight is 286 g/mol. The highest BCUT2D eigenvalue weighted by atomic mass is 16.2. The summed E-state index contributed by atoms with van der Waals surface area (Å²) in [4.78, 5) is 36.6. The van der Waals surface area contributed by atoms with E-state index in [4.69, 9.17) is 0 Å². The van der Waals surface area contributed by atoms with Crippen molar-refractivity contribution in [1.29, 1.82) is 0 Å². The van der Waals surface area contributed by atoms with E-state index in [9.17, 15) is 14.4 Å². The molecule has 1 aromatic rings. The number of hydrogen-bond acceptors (Lipinski definition) is 4. The van der Waals surface area contributed by atoms with Gasteiger partial charge >= 0.3 is 0 Å². The molecule has 1 aliphatic carbocycles. The molecule has 21 heavy (non-hydrogen) atoms. The van der Waals surface area contributed by atoms with Gasteiger partial charge in [0.25, 0.3) is 11.8 Å². The normalized spacial score (nSPS) is 25.0. The molecule has 5 nitrogen and oxygen atoms in total. The minimum absolute atomic E-state index is 0.0216. The molecular weight excluding hydrogens is 268 g/mol. The number of amides is 2. The SMILES string of the molecule is O=CCNC1CCC(N2C(=O)c3ccccc3C2=O)CC1. The largest absolute Gasteiger partial charge is 0.307 e. The first kappa shape index (κ1) is 13.9. The van der Waals surface area contributed by atoms with Crippen molar-refractivity contribution in [3.8, 4) is 0 Å². The topological polar surface area (TPSA) is 66.5 Å². The van der Waals surface area contributed by atoms with Crippen LogP contribution >= 0.6 is 0 Å². The third kappa shape index (κ3) is 2.49. The number of fused-ring (bicyclic) bond motifs is 1. The fraction of sp³-hybridized carbons (Fsp3) is 0.438. The summed E-state index contributed by atoms with van der Waals surface area (Å²) in [6, 6.07) is 7.29. The number of aldehydes is 1. The monoisotopic (exact) mass is 286 g/mol. The Hall–Kier alpha value is -2.01. The highest BCUT2D eigenvalue weighted by molar-refractivity contribution is 6.21. The van der Waals surface area contributed by atoms with E-state index in [1.165, 1.54) is 4.90 Å². The van der Waals surface area contributed by atoms with Crippen LogP contribution in [0.1, 0.15) is 46.4 Å². The van der Waals surface area contributed by atoms with E-state index < -0.39 is 0 Å². The van der Waals surface area contributed by atoms with Gasteiger partial charge in [-0.3, -0.25) is 14.5 Å². The maximum atomic E-state index is 12.4. The molecule has 3 rings (SSSR count). The van der Waals surface area contributed by atoms with E-state index in [2.05, 4.69) is 5.32 Å². The standard InChI is InChI=1S/C16H18N2O3/c19-10-9-17-11-5-7-12(8-6-11)18-15(20)13-3-1-2-4-14(13)16(18)21/h1-4,10-12,17H,5-9H2. The van der Waals surface area contributed by atoms with Crippen molar-refractivity contribution in [2.75, 3.05) is 6.54 Å². The minimum Gasteiger partial charge on any atom is -0.307 e. The fourth-order valence-electron chi connectivity index (χ4n) is 3.29. The number of carbonyl (C=O) groups is 3. The Balaban J connectivity index is 1.68. The van der Waals surface area contributed by atoms with E-state index in [0.717, 1.165) is 32.0 Å². The van der Waals surface area contributed by atoms with Crippen molar-refractivity contribution in [1.82, 2.24) is 10.2 Å². The van der Waals surface area contributed by atoms with Crippen molar-refractivity contribution in [2.45, 2.75) is 37.8 Å². The molecule has 1 heterocycles. The zero-order valence-corrected chi connectivity index (χ0v) is 11.7. The number of imide groups is 1. The molecule has 0 saturated heterocycles. The molecule has 1 fully saturated rings. The summed E-state index contributed by atoms with van der Waals surface area (Å²) < 4.78 is 0. The number of nitrogens with one attached hydrogen (secondary N) is 1. The summed E-state index contributed by atoms with van der Waals surface area (Å²) in [7, 11) is 0. The molecule has 5 heteroatoms. The summed E-state index contributed by atoms with van der Waals surface area (Å²) in [6.07, 6.45) is 4.21. The molecule has 110 valence electrons. The van der Waals surface area contributed by atoms with Crippen LogP contribution in [0.25, 0.3) is 0 Å². The van der Waals surface area contributed by atoms with E-state index in [1.54, 1.807) is 24.3 Å². The van der Waals surface area contributed by atoms with Crippen LogP contribution in [0.15, 0.2) is 24.3 Å². The highest BCUT2D eigenvalue weighted by Gasteiger charge is 2.40. The Morgan fingerprint density at radius 3 is 2.14 bits per heavy atom. The van der Waals surface area contributed by atoms with Gasteiger partial charge in [0.1, 0.15) is 6.29 Å². The quantitative estimate of drug-likeness (QED) is 0.671. The van der Waals surface area contributed by atoms with E-state index in [-0.39, 0.29) is 17.9 Å². The van der Waals surface area contributed by atoms with Gasteiger partial charge in [-0.2, -0.15) is 0 Å². The van der Waals surface area contributed by atoms with Crippen molar-refractivity contribution < 1.29 is 14.4 Å². The van der Waals surface area contributed by atoms with Crippen molar-refractivity contribution >= 4 is 18.1 Å². The van der Waals surface area contributed by atoms with Crippen molar-refractivity contribution in [3.63, 3.8) is 0 Å². The number of carbonyl (C=O) groups excluding carboxylic acids is 3. The summed E-state index contributed by atoms with van der Waals surface area (Å²) >= 11 is 0. The van der Waals surface area contributed by atoms with E-state index >= 15 is 0 Å². The van der Waals surface area contributed by atoms with Gasteiger partial charge in [-0.15, -0.1) is 0 Å². The molecule has 0 aromatic heterocycles. The van der Waals surface area contributed by atoms with Gasteiger partial charge in [-0.1, -0.05) is 12.1 Å². The Bertz CT molecular complexity index is 542. The summed E-state index contributed by atoms with van der Waals surface area (Å²) in [5.41, 5.74) is 1.03. The maximum absolute atomic E-state index is 12.4. The smallest absolute Gasteiger partial charge is 0.261 e. The summed E-state index contributed by atoms with van der Waals surface area (Å²) in [5, 5.41) is 3.17. The van der Waals surface area contributed by atoms with Gasteiger partial charge in [0.15, 0.2) is 0 Å². The Morgan fingerprint density at radius 2 is 1.62 bits per heavy atom. The lowest BCUT2D eigenvalue weighted by Gasteiger charge is -2.33. The first-order chi connectivity index (χ1) is 10.2. The molecule has 2 amide bonds. The summed E-state index contributed by atoms with van der Waals surface area (Å²) in [5.74, 6) is -0.334. The van der Waals surface area contributed by atoms with Crippen LogP contribution in [0.2, 0.25) is 0 Å². The minimum atomic E-state index is -0.167. The zero-order chi connectivity index (χ0) is 14.8. The Morgan fingerprint density at radius 1 is 1.05 bits per heavy atom. The fourth-order valence-corrected chi connectivity index (χ4v) is 3.29. The second-order valence-corrected chi connectivity index (χ2v) is 5.61. The van der Waals surface area contributed by atoms with Crippen LogP contribution in [0.5, 0.6) is 0 Å². The molecule has 1 aromatic carbocycles. The summed E-state index contributed by atoms with van der Waals surface area (Å²) in [6.45, 7) is 0.363. The van der Waals surface area contributed by atoms with E-state index in [1.807, 2.05) is 0 Å². The molecule has 0 bridgehead atoms. The van der Waals surface area contributed by atoms with Crippen LogP contribution < -0.4 is 5.32 Å². The van der Waals surface area contributed by atoms with Gasteiger partial charge < -0.3 is 10.1 Å². The van der Waals surface area contributed by atoms with Crippen LogP contribution in [0, 0.1) is 0 Å². The van der Waals surface area contributed by atoms with E-state index in [0.29, 0.717) is 23.7 Å². The van der Waals surface area contributed by atoms with Crippen molar-refractivity contribution in [3.05, 3.63) is 35.4 Å². The molecule has 0 radical (unpaired) electrons. The maximum Gasteiger partial charge on any atom is 0.261 e. The lowest BCUT2D eigenvalue weighted by molar-refractivity contribution is -0.107. The second-order valence-electron chi connectivity index (χ2n) is 5.61. The van der Waals surface area contributed by atoms with Crippen LogP contribution in [0.4, 0.5) is 0 Å². The van der Waals surface area contributed by atoms with Crippen LogP contribution in [0.3, 0.4) is 0 Å². The lowest BCUT2D eigenvalue weighted by Crippen LogP contribution is -2.45. The zero-order valence-electron chi connectivity index (χ0n) is 11.7. The first-order valence-electron chi connectivity index (χ1n) is 7.36. The van der Waals surface area contributed by atoms with Crippen LogP contribution in [-0.4, -0.2) is 41.6 Å². The molecule has 0 atom stereocenters. The number of nitrogens with zero attached hydrogens (tertiary/aromatic N) is 1. The third-order valence-electron chi connectivity index (χ3n) is 4.38. The Kier molecular flexibility index (Phi) is 3.84. The molecule has 1 saturated carbocycles. The second kappa shape index (κ2) is 5.77. The van der Waals surface area contributed by atoms with Gasteiger partial charge in [-0.05, 0) is 37.8 Å². The molecule has 1 N–H and O–H groups in total. The Labute approximate surface area is 123 Å². The molecule has 0 spiro atoms. The average Bonchev–Trinajstić information content (AvgIpc) is 2.78. The van der Waals surface area contributed by atoms with Gasteiger partial charge in [-0.25, -0.2) is 0 Å².